The van der Waals surface area contributed by atoms with Crippen LogP contribution in [0.5, 0.6) is 11.5 Å². The Labute approximate surface area is 162 Å². The van der Waals surface area contributed by atoms with Crippen LogP contribution in [-0.4, -0.2) is 13.7 Å². The van der Waals surface area contributed by atoms with Crippen LogP contribution in [-0.2, 0) is 13.1 Å². The first-order chi connectivity index (χ1) is 12.7. The SMILES string of the molecule is CCCCCCCOc1ccc(CNCc2ccccc2Cl)cc1OC. The number of hydrogen-bond acceptors (Lipinski definition) is 3. The molecule has 2 aromatic rings. The lowest BCUT2D eigenvalue weighted by Crippen LogP contribution is -2.13. The summed E-state index contributed by atoms with van der Waals surface area (Å²) >= 11 is 6.19. The lowest BCUT2D eigenvalue weighted by Gasteiger charge is -2.13. The first-order valence-electron chi connectivity index (χ1n) is 9.48. The molecule has 0 atom stereocenters. The van der Waals surface area contributed by atoms with Crippen molar-refractivity contribution in [2.45, 2.75) is 52.1 Å². The van der Waals surface area contributed by atoms with Gasteiger partial charge in [0.15, 0.2) is 11.5 Å². The Morgan fingerprint density at radius 2 is 1.73 bits per heavy atom. The summed E-state index contributed by atoms with van der Waals surface area (Å²) in [6.07, 6.45) is 6.16. The average molecular weight is 376 g/mol. The fourth-order valence-corrected chi connectivity index (χ4v) is 3.01. The fourth-order valence-electron chi connectivity index (χ4n) is 2.81. The number of nitrogens with one attached hydrogen (secondary N) is 1. The van der Waals surface area contributed by atoms with Crippen molar-refractivity contribution in [2.24, 2.45) is 0 Å². The summed E-state index contributed by atoms with van der Waals surface area (Å²) in [5.41, 5.74) is 2.26. The molecule has 0 aromatic heterocycles. The minimum absolute atomic E-state index is 0.734. The summed E-state index contributed by atoms with van der Waals surface area (Å²) in [7, 11) is 1.68. The number of benzene rings is 2. The summed E-state index contributed by atoms with van der Waals surface area (Å²) < 4.78 is 11.4. The molecular weight excluding hydrogens is 346 g/mol. The topological polar surface area (TPSA) is 30.5 Å². The summed E-state index contributed by atoms with van der Waals surface area (Å²) in [5, 5.41) is 4.21. The maximum absolute atomic E-state index is 6.19. The van der Waals surface area contributed by atoms with E-state index < -0.39 is 0 Å². The van der Waals surface area contributed by atoms with E-state index in [0.717, 1.165) is 53.8 Å². The summed E-state index contributed by atoms with van der Waals surface area (Å²) in [4.78, 5) is 0. The molecule has 142 valence electrons. The lowest BCUT2D eigenvalue weighted by molar-refractivity contribution is 0.284. The smallest absolute Gasteiger partial charge is 0.161 e. The molecule has 0 fully saturated rings. The zero-order valence-corrected chi connectivity index (χ0v) is 16.6. The Bertz CT molecular complexity index is 660. The minimum Gasteiger partial charge on any atom is -0.493 e. The van der Waals surface area contributed by atoms with E-state index in [4.69, 9.17) is 21.1 Å². The highest BCUT2D eigenvalue weighted by Crippen LogP contribution is 2.28. The maximum atomic E-state index is 6.19. The van der Waals surface area contributed by atoms with Gasteiger partial charge in [0, 0.05) is 18.1 Å². The van der Waals surface area contributed by atoms with Crippen molar-refractivity contribution in [2.75, 3.05) is 13.7 Å². The second-order valence-corrected chi connectivity index (χ2v) is 6.85. The van der Waals surface area contributed by atoms with E-state index >= 15 is 0 Å². The van der Waals surface area contributed by atoms with Gasteiger partial charge in [-0.2, -0.15) is 0 Å². The molecular formula is C22H30ClNO2. The number of methoxy groups -OCH3 is 1. The van der Waals surface area contributed by atoms with Crippen LogP contribution in [0.2, 0.25) is 5.02 Å². The Morgan fingerprint density at radius 1 is 0.923 bits per heavy atom. The van der Waals surface area contributed by atoms with Gasteiger partial charge in [-0.05, 0) is 35.7 Å². The van der Waals surface area contributed by atoms with Crippen molar-refractivity contribution in [1.82, 2.24) is 5.32 Å². The van der Waals surface area contributed by atoms with E-state index in [2.05, 4.69) is 18.3 Å². The monoisotopic (exact) mass is 375 g/mol. The van der Waals surface area contributed by atoms with E-state index in [-0.39, 0.29) is 0 Å². The molecule has 0 aliphatic carbocycles. The van der Waals surface area contributed by atoms with E-state index in [1.165, 1.54) is 25.7 Å². The first kappa shape index (κ1) is 20.6. The number of unbranched alkanes of at least 4 members (excludes halogenated alkanes) is 4. The zero-order chi connectivity index (χ0) is 18.6. The number of rotatable bonds is 12. The molecule has 4 heteroatoms. The van der Waals surface area contributed by atoms with Crippen molar-refractivity contribution in [3.63, 3.8) is 0 Å². The lowest BCUT2D eigenvalue weighted by atomic mass is 10.1. The predicted octanol–water partition coefficient (Wildman–Crippen LogP) is 5.99. The maximum Gasteiger partial charge on any atom is 0.161 e. The number of halogens is 1. The van der Waals surface area contributed by atoms with Gasteiger partial charge in [0.1, 0.15) is 0 Å². The highest BCUT2D eigenvalue weighted by atomic mass is 35.5. The molecule has 0 amide bonds. The van der Waals surface area contributed by atoms with Crippen LogP contribution in [0.4, 0.5) is 0 Å². The Hall–Kier alpha value is -1.71. The van der Waals surface area contributed by atoms with E-state index in [9.17, 15) is 0 Å². The molecule has 0 bridgehead atoms. The van der Waals surface area contributed by atoms with Gasteiger partial charge in [0.2, 0.25) is 0 Å². The minimum atomic E-state index is 0.734. The third-order valence-corrected chi connectivity index (χ3v) is 4.70. The second-order valence-electron chi connectivity index (χ2n) is 6.44. The third kappa shape index (κ3) is 6.89. The van der Waals surface area contributed by atoms with E-state index in [1.54, 1.807) is 7.11 Å². The van der Waals surface area contributed by atoms with Gasteiger partial charge in [-0.3, -0.25) is 0 Å². The van der Waals surface area contributed by atoms with Crippen LogP contribution in [0, 0.1) is 0 Å². The number of ether oxygens (including phenoxy) is 2. The molecule has 0 unspecified atom stereocenters. The Balaban J connectivity index is 1.80. The van der Waals surface area contributed by atoms with Crippen LogP contribution in [0.15, 0.2) is 42.5 Å². The molecule has 0 aliphatic rings. The molecule has 2 rings (SSSR count). The van der Waals surface area contributed by atoms with Crippen molar-refractivity contribution in [3.8, 4) is 11.5 Å². The molecule has 0 spiro atoms. The molecule has 0 aliphatic heterocycles. The molecule has 0 radical (unpaired) electrons. The first-order valence-corrected chi connectivity index (χ1v) is 9.86. The predicted molar refractivity (Wildman–Crippen MR) is 109 cm³/mol. The standard InChI is InChI=1S/C22H30ClNO2/c1-3-4-5-6-9-14-26-21-13-12-18(15-22(21)25-2)16-24-17-19-10-7-8-11-20(19)23/h7-8,10-13,15,24H,3-6,9,14,16-17H2,1-2H3. The van der Waals surface area contributed by atoms with Crippen LogP contribution >= 0.6 is 11.6 Å². The van der Waals surface area contributed by atoms with Gasteiger partial charge in [-0.25, -0.2) is 0 Å². The molecule has 0 saturated carbocycles. The van der Waals surface area contributed by atoms with Gasteiger partial charge < -0.3 is 14.8 Å². The van der Waals surface area contributed by atoms with Crippen LogP contribution in [0.3, 0.4) is 0 Å². The Morgan fingerprint density at radius 3 is 2.50 bits per heavy atom. The summed E-state index contributed by atoms with van der Waals surface area (Å²) in [5.74, 6) is 1.61. The van der Waals surface area contributed by atoms with Gasteiger partial charge in [0.25, 0.3) is 0 Å². The summed E-state index contributed by atoms with van der Waals surface area (Å²) in [6, 6.07) is 14.0. The Kier molecular flexibility index (Phi) is 9.36. The highest BCUT2D eigenvalue weighted by Gasteiger charge is 2.06. The molecule has 0 saturated heterocycles. The largest absolute Gasteiger partial charge is 0.493 e. The third-order valence-electron chi connectivity index (χ3n) is 4.34. The van der Waals surface area contributed by atoms with Crippen molar-refractivity contribution in [3.05, 3.63) is 58.6 Å². The fraction of sp³-hybridized carbons (Fsp3) is 0.455. The number of hydrogen-bond donors (Lipinski definition) is 1. The molecule has 2 aromatic carbocycles. The average Bonchev–Trinajstić information content (AvgIpc) is 2.66. The van der Waals surface area contributed by atoms with E-state index in [1.807, 2.05) is 36.4 Å². The zero-order valence-electron chi connectivity index (χ0n) is 15.9. The van der Waals surface area contributed by atoms with Crippen molar-refractivity contribution in [1.29, 1.82) is 0 Å². The highest BCUT2D eigenvalue weighted by molar-refractivity contribution is 6.31. The van der Waals surface area contributed by atoms with Crippen molar-refractivity contribution < 1.29 is 9.47 Å². The second kappa shape index (κ2) is 11.8. The van der Waals surface area contributed by atoms with Gasteiger partial charge in [-0.1, -0.05) is 68.5 Å². The molecule has 3 nitrogen and oxygen atoms in total. The summed E-state index contributed by atoms with van der Waals surface area (Å²) in [6.45, 7) is 4.45. The quantitative estimate of drug-likeness (QED) is 0.462. The molecule has 26 heavy (non-hydrogen) atoms. The van der Waals surface area contributed by atoms with Crippen molar-refractivity contribution >= 4 is 11.6 Å². The normalized spacial score (nSPS) is 10.7. The van der Waals surface area contributed by atoms with Crippen LogP contribution in [0.25, 0.3) is 0 Å². The molecule has 0 heterocycles. The van der Waals surface area contributed by atoms with Gasteiger partial charge in [-0.15, -0.1) is 0 Å². The van der Waals surface area contributed by atoms with Gasteiger partial charge >= 0.3 is 0 Å². The van der Waals surface area contributed by atoms with E-state index in [0.29, 0.717) is 0 Å². The van der Waals surface area contributed by atoms with Crippen LogP contribution < -0.4 is 14.8 Å². The van der Waals surface area contributed by atoms with Crippen LogP contribution in [0.1, 0.15) is 50.2 Å². The molecule has 1 N–H and O–H groups in total. The van der Waals surface area contributed by atoms with Gasteiger partial charge in [0.05, 0.1) is 13.7 Å².